The Hall–Kier alpha value is -0.562. The van der Waals surface area contributed by atoms with Gasteiger partial charge in [0.1, 0.15) is 27.5 Å². The van der Waals surface area contributed by atoms with Gasteiger partial charge in [-0.05, 0) is 24.3 Å². The monoisotopic (exact) mass is 656 g/mol. The first-order valence-electron chi connectivity index (χ1n) is 8.01. The third kappa shape index (κ3) is 9.74. The van der Waals surface area contributed by atoms with Gasteiger partial charge in [0, 0.05) is 17.6 Å². The van der Waals surface area contributed by atoms with Crippen molar-refractivity contribution in [2.24, 2.45) is 0 Å². The molecule has 32 heavy (non-hydrogen) atoms. The zero-order chi connectivity index (χ0) is 25.1. The van der Waals surface area contributed by atoms with Crippen molar-refractivity contribution in [1.29, 1.82) is 0 Å². The van der Waals surface area contributed by atoms with Gasteiger partial charge in [-0.2, -0.15) is 16.8 Å². The molecule has 0 fully saturated rings. The second kappa shape index (κ2) is 9.59. The van der Waals surface area contributed by atoms with E-state index < -0.39 is 46.8 Å². The normalized spacial score (nSPS) is 14.8. The fourth-order valence-electron chi connectivity index (χ4n) is 2.29. The topological polar surface area (TPSA) is 86.7 Å². The first-order valence-corrected chi connectivity index (χ1v) is 20.1. The number of halogens is 6. The standard InChI is InChI=1S/C15H17O6PS3.6FH.Sb/c1-20-24(16,17)14-10-6-4-8-12(14)22(23-3)13-9-5-7-11-15(13)25(18,19)21-2;;;;;;;/h4-11H,1-3H3;6*1H;/q;;;;;;;+5/p-5. The minimum absolute atomic E-state index is 0.0466. The molecule has 17 heteroatoms. The van der Waals surface area contributed by atoms with E-state index in [9.17, 15) is 33.7 Å². The molecule has 184 valence electrons. The molecule has 0 spiro atoms. The minimum atomic E-state index is -11.2. The summed E-state index contributed by atoms with van der Waals surface area (Å²) in [5, 5.41) is 1.08. The van der Waals surface area contributed by atoms with Crippen LogP contribution in [0.25, 0.3) is 0 Å². The van der Waals surface area contributed by atoms with Crippen LogP contribution in [0, 0.1) is 0 Å². The first kappa shape index (κ1) is 29.5. The van der Waals surface area contributed by atoms with Crippen LogP contribution in [-0.2, 0) is 28.6 Å². The van der Waals surface area contributed by atoms with Crippen LogP contribution >= 0.6 is 18.5 Å². The second-order valence-electron chi connectivity index (χ2n) is 5.73. The summed E-state index contributed by atoms with van der Waals surface area (Å²) in [5.74, 6) is 0. The van der Waals surface area contributed by atoms with Crippen molar-refractivity contribution < 1.29 is 42.1 Å². The van der Waals surface area contributed by atoms with Crippen LogP contribution in [-0.4, -0.2) is 56.8 Å². The van der Waals surface area contributed by atoms with Crippen molar-refractivity contribution in [1.82, 2.24) is 0 Å². The van der Waals surface area contributed by atoms with E-state index >= 15 is 0 Å². The molecule has 2 aromatic carbocycles. The molecule has 0 atom stereocenters. The van der Waals surface area contributed by atoms with Gasteiger partial charge in [-0.1, -0.05) is 24.3 Å². The number of hydrogen-bond acceptors (Lipinski definition) is 7. The summed E-state index contributed by atoms with van der Waals surface area (Å²) in [7, 11) is -7.42. The molecule has 6 nitrogen and oxygen atoms in total. The van der Waals surface area contributed by atoms with E-state index in [1.54, 1.807) is 36.4 Å². The van der Waals surface area contributed by atoms with E-state index in [0.29, 0.717) is 10.6 Å². The summed E-state index contributed by atoms with van der Waals surface area (Å²) in [6.45, 7) is 0. The summed E-state index contributed by atoms with van der Waals surface area (Å²) in [5.41, 5.74) is 0. The molecule has 0 saturated heterocycles. The molecule has 0 aliphatic heterocycles. The third-order valence-corrected chi connectivity index (χ3v) is 11.3. The SMILES string of the molecule is COS(=O)(=O)c1ccccc1[PH+](SC)c1ccccc1S(=O)(=O)OC.[F][Sb-]([F])([F])([F])([F])[F]. The summed E-state index contributed by atoms with van der Waals surface area (Å²) in [6, 6.07) is 12.9. The Kier molecular flexibility index (Phi) is 8.83. The van der Waals surface area contributed by atoms with Gasteiger partial charge in [0.25, 0.3) is 0 Å². The third-order valence-electron chi connectivity index (χ3n) is 3.45. The average Bonchev–Trinajstić information content (AvgIpc) is 2.67. The molecule has 0 saturated carbocycles. The van der Waals surface area contributed by atoms with Gasteiger partial charge in [0.15, 0.2) is 0 Å². The van der Waals surface area contributed by atoms with Crippen LogP contribution < -0.4 is 10.6 Å². The molecule has 2 rings (SSSR count). The van der Waals surface area contributed by atoms with E-state index in [4.69, 9.17) is 0 Å². The zero-order valence-electron chi connectivity index (χ0n) is 16.5. The first-order chi connectivity index (χ1) is 14.2. The molecule has 2 aromatic rings. The van der Waals surface area contributed by atoms with Gasteiger partial charge < -0.3 is 0 Å². The Bertz CT molecular complexity index is 1090. The Morgan fingerprint density at radius 3 is 1.25 bits per heavy atom. The van der Waals surface area contributed by atoms with Gasteiger partial charge >= 0.3 is 56.6 Å². The summed E-state index contributed by atoms with van der Waals surface area (Å²) < 4.78 is 118. The quantitative estimate of drug-likeness (QED) is 0.193. The van der Waals surface area contributed by atoms with Gasteiger partial charge in [-0.15, -0.1) is 0 Å². The zero-order valence-corrected chi connectivity index (χ0v) is 22.5. The van der Waals surface area contributed by atoms with Crippen LogP contribution in [0.1, 0.15) is 0 Å². The van der Waals surface area contributed by atoms with Gasteiger partial charge in [-0.3, -0.25) is 8.37 Å². The van der Waals surface area contributed by atoms with Crippen molar-refractivity contribution in [3.63, 3.8) is 0 Å². The molecule has 0 aliphatic carbocycles. The van der Waals surface area contributed by atoms with E-state index in [0.717, 1.165) is 14.2 Å². The maximum absolute atomic E-state index is 12.3. The fourth-order valence-corrected chi connectivity index (χ4v) is 9.79. The van der Waals surface area contributed by atoms with Gasteiger partial charge in [-0.25, -0.2) is 0 Å². The Labute approximate surface area is 188 Å². The van der Waals surface area contributed by atoms with E-state index in [2.05, 4.69) is 8.37 Å². The molecule has 0 bridgehead atoms. The van der Waals surface area contributed by atoms with Crippen molar-refractivity contribution in [3.8, 4) is 0 Å². The van der Waals surface area contributed by atoms with Crippen molar-refractivity contribution in [2.45, 2.75) is 9.79 Å². The van der Waals surface area contributed by atoms with Crippen LogP contribution in [0.3, 0.4) is 0 Å². The Balaban J connectivity index is 0.000000633. The summed E-state index contributed by atoms with van der Waals surface area (Å²) >= 11 is -9.83. The van der Waals surface area contributed by atoms with Gasteiger partial charge in [0.2, 0.25) is 0 Å². The van der Waals surface area contributed by atoms with Crippen molar-refractivity contribution in [3.05, 3.63) is 48.5 Å². The molecule has 0 amide bonds. The molecule has 0 unspecified atom stereocenters. The fraction of sp³-hybridized carbons (Fsp3) is 0.200. The molecule has 0 radical (unpaired) electrons. The summed E-state index contributed by atoms with van der Waals surface area (Å²) in [6.07, 6.45) is 1.82. The average molecular weight is 657 g/mol. The van der Waals surface area contributed by atoms with E-state index in [1.807, 2.05) is 6.26 Å². The summed E-state index contributed by atoms with van der Waals surface area (Å²) in [4.78, 5) is 0.0933. The Morgan fingerprint density at radius 2 is 1.00 bits per heavy atom. The molecule has 0 aliphatic rings. The molecular weight excluding hydrogens is 639 g/mol. The van der Waals surface area contributed by atoms with Crippen molar-refractivity contribution >= 4 is 68.8 Å². The molecular formula is C15H18F6O6PS3Sb. The number of hydrogen-bond donors (Lipinski definition) is 0. The predicted molar refractivity (Wildman–Crippen MR) is 115 cm³/mol. The predicted octanol–water partition coefficient (Wildman–Crippen LogP) is 3.94. The second-order valence-corrected chi connectivity index (χ2v) is 19.2. The molecule has 0 aromatic heterocycles. The van der Waals surface area contributed by atoms with E-state index in [-0.39, 0.29) is 9.79 Å². The molecule has 0 heterocycles. The van der Waals surface area contributed by atoms with Crippen LogP contribution in [0.4, 0.5) is 16.9 Å². The van der Waals surface area contributed by atoms with E-state index in [1.165, 1.54) is 23.5 Å². The Morgan fingerprint density at radius 1 is 0.719 bits per heavy atom. The molecule has 0 N–H and O–H groups in total. The van der Waals surface area contributed by atoms with Gasteiger partial charge in [0.05, 0.1) is 14.2 Å². The number of rotatable bonds is 7. The van der Waals surface area contributed by atoms with Crippen LogP contribution in [0.2, 0.25) is 0 Å². The van der Waals surface area contributed by atoms with Crippen LogP contribution in [0.15, 0.2) is 58.3 Å². The maximum atomic E-state index is 12.3. The van der Waals surface area contributed by atoms with Crippen molar-refractivity contribution in [2.75, 3.05) is 20.5 Å². The van der Waals surface area contributed by atoms with Crippen LogP contribution in [0.5, 0.6) is 0 Å². The number of benzene rings is 2.